The van der Waals surface area contributed by atoms with Crippen LogP contribution in [0.2, 0.25) is 0 Å². The van der Waals surface area contributed by atoms with Gasteiger partial charge in [-0.2, -0.15) is 5.10 Å². The van der Waals surface area contributed by atoms with Gasteiger partial charge in [0.1, 0.15) is 5.75 Å². The molecule has 1 heterocycles. The first-order valence-electron chi connectivity index (χ1n) is 4.80. The summed E-state index contributed by atoms with van der Waals surface area (Å²) in [4.78, 5) is 0. The summed E-state index contributed by atoms with van der Waals surface area (Å²) in [6, 6.07) is 6.49. The zero-order valence-corrected chi connectivity index (χ0v) is 10.0. The Morgan fingerprint density at radius 1 is 1.31 bits per heavy atom. The van der Waals surface area contributed by atoms with Crippen molar-refractivity contribution in [2.45, 2.75) is 12.6 Å². The molecule has 16 heavy (non-hydrogen) atoms. The van der Waals surface area contributed by atoms with Crippen molar-refractivity contribution in [1.82, 2.24) is 9.78 Å². The van der Waals surface area contributed by atoms with Gasteiger partial charge in [0.15, 0.2) is 0 Å². The SMILES string of the molecule is Oc1ccc(C(O)Cn2cc(Br)cn2)cc1. The highest BCUT2D eigenvalue weighted by atomic mass is 79.9. The zero-order valence-electron chi connectivity index (χ0n) is 8.42. The van der Waals surface area contributed by atoms with E-state index in [0.717, 1.165) is 10.0 Å². The molecular weight excluding hydrogens is 272 g/mol. The average Bonchev–Trinajstić information content (AvgIpc) is 2.65. The fraction of sp³-hybridized carbons (Fsp3) is 0.182. The Morgan fingerprint density at radius 2 is 2.00 bits per heavy atom. The number of phenolic OH excluding ortho intramolecular Hbond substituents is 1. The summed E-state index contributed by atoms with van der Waals surface area (Å²) in [6.07, 6.45) is 2.83. The van der Waals surface area contributed by atoms with E-state index in [-0.39, 0.29) is 5.75 Å². The molecule has 0 saturated carbocycles. The zero-order chi connectivity index (χ0) is 11.5. The fourth-order valence-corrected chi connectivity index (χ4v) is 1.75. The van der Waals surface area contributed by atoms with Crippen LogP contribution in [0.3, 0.4) is 0 Å². The number of nitrogens with zero attached hydrogens (tertiary/aromatic N) is 2. The quantitative estimate of drug-likeness (QED) is 0.906. The van der Waals surface area contributed by atoms with Gasteiger partial charge in [-0.25, -0.2) is 0 Å². The lowest BCUT2D eigenvalue weighted by Crippen LogP contribution is -2.08. The molecular formula is C11H11BrN2O2. The number of hydrogen-bond acceptors (Lipinski definition) is 3. The van der Waals surface area contributed by atoms with Crippen LogP contribution in [-0.4, -0.2) is 20.0 Å². The molecule has 0 bridgehead atoms. The Labute approximate surface area is 101 Å². The number of aromatic hydroxyl groups is 1. The van der Waals surface area contributed by atoms with Gasteiger partial charge < -0.3 is 10.2 Å². The van der Waals surface area contributed by atoms with Crippen molar-refractivity contribution in [3.05, 3.63) is 46.7 Å². The van der Waals surface area contributed by atoms with Crippen LogP contribution in [0.25, 0.3) is 0 Å². The number of phenols is 1. The van der Waals surface area contributed by atoms with Crippen molar-refractivity contribution in [2.24, 2.45) is 0 Å². The van der Waals surface area contributed by atoms with Gasteiger partial charge in [-0.15, -0.1) is 0 Å². The normalized spacial score (nSPS) is 12.6. The topological polar surface area (TPSA) is 58.3 Å². The van der Waals surface area contributed by atoms with Gasteiger partial charge in [0, 0.05) is 6.20 Å². The molecule has 0 aliphatic heterocycles. The van der Waals surface area contributed by atoms with Crippen molar-refractivity contribution in [3.63, 3.8) is 0 Å². The lowest BCUT2D eigenvalue weighted by Gasteiger charge is -2.10. The van der Waals surface area contributed by atoms with Crippen molar-refractivity contribution >= 4 is 15.9 Å². The van der Waals surface area contributed by atoms with Gasteiger partial charge in [-0.1, -0.05) is 12.1 Å². The minimum atomic E-state index is -0.632. The fourth-order valence-electron chi connectivity index (χ4n) is 1.42. The van der Waals surface area contributed by atoms with E-state index in [1.54, 1.807) is 41.3 Å². The number of aliphatic hydroxyl groups is 1. The lowest BCUT2D eigenvalue weighted by atomic mass is 10.1. The first-order valence-corrected chi connectivity index (χ1v) is 5.59. The van der Waals surface area contributed by atoms with Crippen LogP contribution in [0.1, 0.15) is 11.7 Å². The minimum absolute atomic E-state index is 0.192. The van der Waals surface area contributed by atoms with Crippen LogP contribution < -0.4 is 0 Å². The second kappa shape index (κ2) is 4.67. The average molecular weight is 283 g/mol. The third-order valence-corrected chi connectivity index (χ3v) is 2.65. The molecule has 1 aromatic carbocycles. The summed E-state index contributed by atoms with van der Waals surface area (Å²) in [6.45, 7) is 0.385. The van der Waals surface area contributed by atoms with Crippen LogP contribution >= 0.6 is 15.9 Å². The van der Waals surface area contributed by atoms with E-state index in [1.165, 1.54) is 0 Å². The third kappa shape index (κ3) is 2.62. The Hall–Kier alpha value is -1.33. The molecule has 0 spiro atoms. The summed E-state index contributed by atoms with van der Waals surface area (Å²) in [7, 11) is 0. The second-order valence-corrected chi connectivity index (χ2v) is 4.40. The van der Waals surface area contributed by atoms with Gasteiger partial charge in [0.05, 0.1) is 23.3 Å². The smallest absolute Gasteiger partial charge is 0.115 e. The second-order valence-electron chi connectivity index (χ2n) is 3.49. The summed E-state index contributed by atoms with van der Waals surface area (Å²) in [5, 5.41) is 23.1. The maximum Gasteiger partial charge on any atom is 0.115 e. The van der Waals surface area contributed by atoms with Gasteiger partial charge >= 0.3 is 0 Å². The summed E-state index contributed by atoms with van der Waals surface area (Å²) in [5.74, 6) is 0.192. The van der Waals surface area contributed by atoms with E-state index in [9.17, 15) is 5.11 Å². The molecule has 2 N–H and O–H groups in total. The van der Waals surface area contributed by atoms with Crippen molar-refractivity contribution in [1.29, 1.82) is 0 Å². The molecule has 1 atom stereocenters. The Bertz CT molecular complexity index is 467. The van der Waals surface area contributed by atoms with E-state index in [0.29, 0.717) is 6.54 Å². The molecule has 1 unspecified atom stereocenters. The molecule has 0 aliphatic rings. The molecule has 5 heteroatoms. The first kappa shape index (κ1) is 11.2. The van der Waals surface area contributed by atoms with Crippen LogP contribution in [-0.2, 0) is 6.54 Å². The van der Waals surface area contributed by atoms with Crippen molar-refractivity contribution in [2.75, 3.05) is 0 Å². The molecule has 0 fully saturated rings. The predicted octanol–water partition coefficient (Wildman–Crippen LogP) is 2.08. The van der Waals surface area contributed by atoms with Crippen LogP contribution in [0.4, 0.5) is 0 Å². The number of benzene rings is 1. The van der Waals surface area contributed by atoms with Gasteiger partial charge in [-0.3, -0.25) is 4.68 Å². The van der Waals surface area contributed by atoms with Gasteiger partial charge in [0.2, 0.25) is 0 Å². The first-order chi connectivity index (χ1) is 7.65. The standard InChI is InChI=1S/C11H11BrN2O2/c12-9-5-13-14(6-9)7-11(16)8-1-3-10(15)4-2-8/h1-6,11,15-16H,7H2. The minimum Gasteiger partial charge on any atom is -0.508 e. The number of halogens is 1. The van der Waals surface area contributed by atoms with Gasteiger partial charge in [-0.05, 0) is 33.6 Å². The Kier molecular flexibility index (Phi) is 3.26. The Morgan fingerprint density at radius 3 is 2.56 bits per heavy atom. The summed E-state index contributed by atoms with van der Waals surface area (Å²) < 4.78 is 2.53. The molecule has 2 rings (SSSR count). The highest BCUT2D eigenvalue weighted by Crippen LogP contribution is 2.18. The molecule has 0 saturated heterocycles. The van der Waals surface area contributed by atoms with Crippen LogP contribution in [0.5, 0.6) is 5.75 Å². The summed E-state index contributed by atoms with van der Waals surface area (Å²) >= 11 is 3.29. The molecule has 84 valence electrons. The third-order valence-electron chi connectivity index (χ3n) is 2.24. The van der Waals surface area contributed by atoms with E-state index in [1.807, 2.05) is 0 Å². The van der Waals surface area contributed by atoms with E-state index in [2.05, 4.69) is 21.0 Å². The molecule has 0 aliphatic carbocycles. The number of aliphatic hydroxyl groups excluding tert-OH is 1. The molecule has 1 aromatic heterocycles. The highest BCUT2D eigenvalue weighted by molar-refractivity contribution is 9.10. The molecule has 4 nitrogen and oxygen atoms in total. The van der Waals surface area contributed by atoms with E-state index in [4.69, 9.17) is 5.11 Å². The Balaban J connectivity index is 2.08. The van der Waals surface area contributed by atoms with Crippen molar-refractivity contribution < 1.29 is 10.2 Å². The molecule has 0 amide bonds. The maximum absolute atomic E-state index is 9.92. The lowest BCUT2D eigenvalue weighted by molar-refractivity contribution is 0.151. The molecule has 0 radical (unpaired) electrons. The van der Waals surface area contributed by atoms with Crippen molar-refractivity contribution in [3.8, 4) is 5.75 Å². The number of rotatable bonds is 3. The van der Waals surface area contributed by atoms with E-state index < -0.39 is 6.10 Å². The number of aromatic nitrogens is 2. The van der Waals surface area contributed by atoms with E-state index >= 15 is 0 Å². The molecule has 2 aromatic rings. The van der Waals surface area contributed by atoms with Crippen LogP contribution in [0.15, 0.2) is 41.1 Å². The van der Waals surface area contributed by atoms with Gasteiger partial charge in [0.25, 0.3) is 0 Å². The predicted molar refractivity (Wildman–Crippen MR) is 63.0 cm³/mol. The van der Waals surface area contributed by atoms with Crippen LogP contribution in [0, 0.1) is 0 Å². The maximum atomic E-state index is 9.92. The number of hydrogen-bond donors (Lipinski definition) is 2. The monoisotopic (exact) mass is 282 g/mol. The largest absolute Gasteiger partial charge is 0.508 e. The summed E-state index contributed by atoms with van der Waals surface area (Å²) in [5.41, 5.74) is 0.754. The highest BCUT2D eigenvalue weighted by Gasteiger charge is 2.08.